The monoisotopic (exact) mass is 597 g/mol. The minimum Gasteiger partial charge on any atom is -0.462 e. The van der Waals surface area contributed by atoms with Gasteiger partial charge in [-0.15, -0.1) is 0 Å². The highest BCUT2D eigenvalue weighted by Gasteiger charge is 2.09. The lowest BCUT2D eigenvalue weighted by atomic mass is 10.1. The Morgan fingerprint density at radius 2 is 0.907 bits per heavy atom. The van der Waals surface area contributed by atoms with Gasteiger partial charge in [-0.3, -0.25) is 0 Å². The van der Waals surface area contributed by atoms with Crippen LogP contribution >= 0.6 is 0 Å². The maximum Gasteiger partial charge on any atom is 0.338 e. The second kappa shape index (κ2) is 31.5. The van der Waals surface area contributed by atoms with Crippen molar-refractivity contribution in [2.45, 2.75) is 187 Å². The summed E-state index contributed by atoms with van der Waals surface area (Å²) in [5.41, 5.74) is 0.663. The number of hydrogen-bond donors (Lipinski definition) is 0. The molecule has 1 aromatic heterocycles. The molecule has 0 aliphatic rings. The van der Waals surface area contributed by atoms with E-state index < -0.39 is 0 Å². The third kappa shape index (κ3) is 26.2. The first-order chi connectivity index (χ1) is 21.3. The SMILES string of the molecule is CCCCCC/C=C\CCCCCCCCOC(=O)c1cc[n+](CCCCCCCC/C=C\CCCCCCCC)cc1. The summed E-state index contributed by atoms with van der Waals surface area (Å²) in [6.07, 6.45) is 47.4. The molecule has 0 saturated heterocycles. The van der Waals surface area contributed by atoms with E-state index in [9.17, 15) is 4.79 Å². The number of aryl methyl sites for hydroxylation is 1. The van der Waals surface area contributed by atoms with E-state index in [2.05, 4.69) is 42.7 Å². The fourth-order valence-corrected chi connectivity index (χ4v) is 5.53. The fraction of sp³-hybridized carbons (Fsp3) is 0.750. The summed E-state index contributed by atoms with van der Waals surface area (Å²) in [7, 11) is 0. The highest BCUT2D eigenvalue weighted by Crippen LogP contribution is 2.11. The lowest BCUT2D eigenvalue weighted by Gasteiger charge is -2.05. The zero-order valence-corrected chi connectivity index (χ0v) is 28.7. The summed E-state index contributed by atoms with van der Waals surface area (Å²) in [4.78, 5) is 12.4. The van der Waals surface area contributed by atoms with Crippen molar-refractivity contribution in [1.29, 1.82) is 0 Å². The normalized spacial score (nSPS) is 11.7. The highest BCUT2D eigenvalue weighted by molar-refractivity contribution is 5.88. The van der Waals surface area contributed by atoms with E-state index in [1.54, 1.807) is 0 Å². The molecule has 0 spiro atoms. The topological polar surface area (TPSA) is 30.2 Å². The van der Waals surface area contributed by atoms with Crippen molar-refractivity contribution in [2.75, 3.05) is 6.61 Å². The van der Waals surface area contributed by atoms with E-state index in [1.165, 1.54) is 154 Å². The molecular formula is C40H70NO2+. The Kier molecular flexibility index (Phi) is 28.7. The van der Waals surface area contributed by atoms with Gasteiger partial charge in [0.25, 0.3) is 0 Å². The first-order valence-corrected chi connectivity index (χ1v) is 18.7. The number of ether oxygens (including phenoxy) is 1. The van der Waals surface area contributed by atoms with Crippen molar-refractivity contribution in [1.82, 2.24) is 0 Å². The second-order valence-electron chi connectivity index (χ2n) is 12.6. The predicted molar refractivity (Wildman–Crippen MR) is 187 cm³/mol. The van der Waals surface area contributed by atoms with Crippen molar-refractivity contribution < 1.29 is 14.1 Å². The van der Waals surface area contributed by atoms with Crippen LogP contribution in [0.1, 0.15) is 191 Å². The van der Waals surface area contributed by atoms with E-state index in [0.717, 1.165) is 19.4 Å². The first-order valence-electron chi connectivity index (χ1n) is 18.7. The summed E-state index contributed by atoms with van der Waals surface area (Å²) in [6, 6.07) is 3.81. The van der Waals surface area contributed by atoms with Gasteiger partial charge >= 0.3 is 5.97 Å². The molecule has 0 aliphatic carbocycles. The van der Waals surface area contributed by atoms with E-state index in [-0.39, 0.29) is 5.97 Å². The molecule has 0 fully saturated rings. The largest absolute Gasteiger partial charge is 0.462 e. The number of unbranched alkanes of at least 4 members (excludes halogenated alkanes) is 22. The molecule has 0 bridgehead atoms. The van der Waals surface area contributed by atoms with Gasteiger partial charge < -0.3 is 4.74 Å². The maximum absolute atomic E-state index is 12.4. The molecule has 0 atom stereocenters. The number of aromatic nitrogens is 1. The predicted octanol–water partition coefficient (Wildman–Crippen LogP) is 12.4. The molecule has 0 unspecified atom stereocenters. The Hall–Kier alpha value is -1.90. The summed E-state index contributed by atoms with van der Waals surface area (Å²) < 4.78 is 7.70. The lowest BCUT2D eigenvalue weighted by Crippen LogP contribution is -2.32. The summed E-state index contributed by atoms with van der Waals surface area (Å²) in [5, 5.41) is 0. The number of carbonyl (C=O) groups excluding carboxylic acids is 1. The van der Waals surface area contributed by atoms with Crippen LogP contribution in [0.15, 0.2) is 48.8 Å². The van der Waals surface area contributed by atoms with E-state index in [0.29, 0.717) is 12.2 Å². The molecule has 3 nitrogen and oxygen atoms in total. The molecule has 0 saturated carbocycles. The molecule has 43 heavy (non-hydrogen) atoms. The molecule has 0 aromatic carbocycles. The number of esters is 1. The van der Waals surface area contributed by atoms with Crippen molar-refractivity contribution in [3.05, 3.63) is 54.4 Å². The molecule has 1 aromatic rings. The van der Waals surface area contributed by atoms with Crippen LogP contribution in [-0.4, -0.2) is 12.6 Å². The van der Waals surface area contributed by atoms with Gasteiger partial charge in [-0.25, -0.2) is 9.36 Å². The fourth-order valence-electron chi connectivity index (χ4n) is 5.53. The van der Waals surface area contributed by atoms with Crippen LogP contribution in [-0.2, 0) is 11.3 Å². The lowest BCUT2D eigenvalue weighted by molar-refractivity contribution is -0.697. The number of pyridine rings is 1. The molecule has 3 heteroatoms. The minimum atomic E-state index is -0.189. The average molecular weight is 597 g/mol. The van der Waals surface area contributed by atoms with Crippen LogP contribution in [0.5, 0.6) is 0 Å². The second-order valence-corrected chi connectivity index (χ2v) is 12.6. The van der Waals surface area contributed by atoms with Gasteiger partial charge in [0.1, 0.15) is 6.54 Å². The molecular weight excluding hydrogens is 526 g/mol. The molecule has 0 amide bonds. The first kappa shape index (κ1) is 39.1. The Balaban J connectivity index is 1.92. The minimum absolute atomic E-state index is 0.189. The molecule has 246 valence electrons. The van der Waals surface area contributed by atoms with E-state index >= 15 is 0 Å². The summed E-state index contributed by atoms with van der Waals surface area (Å²) >= 11 is 0. The number of rotatable bonds is 31. The van der Waals surface area contributed by atoms with Crippen LogP contribution in [0.3, 0.4) is 0 Å². The molecule has 1 rings (SSSR count). The van der Waals surface area contributed by atoms with Crippen LogP contribution in [0.2, 0.25) is 0 Å². The Labute approximate surface area is 268 Å². The van der Waals surface area contributed by atoms with Crippen LogP contribution in [0.4, 0.5) is 0 Å². The third-order valence-electron chi connectivity index (χ3n) is 8.44. The Morgan fingerprint density at radius 3 is 1.37 bits per heavy atom. The van der Waals surface area contributed by atoms with E-state index in [4.69, 9.17) is 4.74 Å². The maximum atomic E-state index is 12.4. The van der Waals surface area contributed by atoms with Crippen LogP contribution in [0.25, 0.3) is 0 Å². The molecule has 0 N–H and O–H groups in total. The van der Waals surface area contributed by atoms with Gasteiger partial charge in [-0.05, 0) is 64.2 Å². The Morgan fingerprint density at radius 1 is 0.535 bits per heavy atom. The van der Waals surface area contributed by atoms with Gasteiger partial charge in [-0.2, -0.15) is 0 Å². The van der Waals surface area contributed by atoms with Gasteiger partial charge in [0, 0.05) is 18.6 Å². The van der Waals surface area contributed by atoms with Crippen molar-refractivity contribution in [3.8, 4) is 0 Å². The van der Waals surface area contributed by atoms with Crippen molar-refractivity contribution >= 4 is 5.97 Å². The number of allylic oxidation sites excluding steroid dienone is 4. The van der Waals surface area contributed by atoms with Gasteiger partial charge in [0.15, 0.2) is 12.4 Å². The van der Waals surface area contributed by atoms with Crippen LogP contribution < -0.4 is 4.57 Å². The van der Waals surface area contributed by atoms with Crippen molar-refractivity contribution in [3.63, 3.8) is 0 Å². The smallest absolute Gasteiger partial charge is 0.338 e. The standard InChI is InChI=1S/C40H70NO2/c1-3-5-7-9-11-13-15-17-19-20-21-23-25-27-29-31-35-41-36-33-39(34-37-41)40(42)43-38-32-30-28-26-24-22-18-16-14-12-10-8-6-4-2/h14,16-17,19,33-34,36-37H,3-13,15,18,20-32,35,38H2,1-2H3/q+1/b16-14-,19-17-. The van der Waals surface area contributed by atoms with Gasteiger partial charge in [-0.1, -0.05) is 134 Å². The number of nitrogens with zero attached hydrogens (tertiary/aromatic N) is 1. The zero-order chi connectivity index (χ0) is 30.9. The summed E-state index contributed by atoms with van der Waals surface area (Å²) in [6.45, 7) is 6.10. The number of hydrogen-bond acceptors (Lipinski definition) is 2. The number of carbonyl (C=O) groups is 1. The Bertz CT molecular complexity index is 782. The molecule has 1 heterocycles. The van der Waals surface area contributed by atoms with Crippen LogP contribution in [0, 0.1) is 0 Å². The van der Waals surface area contributed by atoms with E-state index in [1.807, 2.05) is 24.5 Å². The molecule has 0 radical (unpaired) electrons. The third-order valence-corrected chi connectivity index (χ3v) is 8.44. The van der Waals surface area contributed by atoms with Crippen molar-refractivity contribution in [2.24, 2.45) is 0 Å². The average Bonchev–Trinajstić information content (AvgIpc) is 3.03. The summed E-state index contributed by atoms with van der Waals surface area (Å²) in [5.74, 6) is -0.189. The molecule has 0 aliphatic heterocycles. The highest BCUT2D eigenvalue weighted by atomic mass is 16.5. The van der Waals surface area contributed by atoms with Gasteiger partial charge in [0.05, 0.1) is 12.2 Å². The zero-order valence-electron chi connectivity index (χ0n) is 28.7. The van der Waals surface area contributed by atoms with Gasteiger partial charge in [0.2, 0.25) is 0 Å². The quantitative estimate of drug-likeness (QED) is 0.0369.